The third kappa shape index (κ3) is 3.84. The van der Waals surface area contributed by atoms with Crippen LogP contribution in [0.2, 0.25) is 0 Å². The Kier molecular flexibility index (Phi) is 5.00. The van der Waals surface area contributed by atoms with Crippen molar-refractivity contribution >= 4 is 23.5 Å². The predicted molar refractivity (Wildman–Crippen MR) is 107 cm³/mol. The van der Waals surface area contributed by atoms with Gasteiger partial charge in [-0.15, -0.1) is 0 Å². The van der Waals surface area contributed by atoms with E-state index in [4.69, 9.17) is 0 Å². The molecule has 1 aliphatic rings. The molecule has 1 amide bonds. The van der Waals surface area contributed by atoms with Crippen LogP contribution in [0, 0.1) is 12.7 Å². The smallest absolute Gasteiger partial charge is 0.257 e. The van der Waals surface area contributed by atoms with Crippen molar-refractivity contribution in [1.82, 2.24) is 9.97 Å². The van der Waals surface area contributed by atoms with Crippen molar-refractivity contribution in [3.63, 3.8) is 0 Å². The van der Waals surface area contributed by atoms with Gasteiger partial charge < -0.3 is 10.3 Å². The Bertz CT molecular complexity index is 1100. The van der Waals surface area contributed by atoms with Crippen molar-refractivity contribution in [1.29, 1.82) is 0 Å². The lowest BCUT2D eigenvalue weighted by Gasteiger charge is -2.24. The summed E-state index contributed by atoms with van der Waals surface area (Å²) in [4.78, 5) is 32.2. The van der Waals surface area contributed by atoms with Crippen molar-refractivity contribution in [2.45, 2.75) is 30.2 Å². The fraction of sp³-hybridized carbons (Fsp3) is 0.190. The van der Waals surface area contributed by atoms with E-state index in [0.717, 1.165) is 5.56 Å². The van der Waals surface area contributed by atoms with Gasteiger partial charge >= 0.3 is 0 Å². The van der Waals surface area contributed by atoms with Gasteiger partial charge in [-0.2, -0.15) is 0 Å². The highest BCUT2D eigenvalue weighted by Gasteiger charge is 2.31. The predicted octanol–water partition coefficient (Wildman–Crippen LogP) is 3.98. The summed E-state index contributed by atoms with van der Waals surface area (Å²) >= 11 is 1.39. The number of H-pyrrole nitrogens is 1. The van der Waals surface area contributed by atoms with Crippen LogP contribution in [0.1, 0.15) is 34.6 Å². The van der Waals surface area contributed by atoms with E-state index in [1.165, 1.54) is 29.5 Å². The summed E-state index contributed by atoms with van der Waals surface area (Å²) in [6.45, 7) is 2.02. The number of hydrogen-bond donors (Lipinski definition) is 2. The van der Waals surface area contributed by atoms with Crippen LogP contribution in [0.15, 0.2) is 58.5 Å². The molecular weight excluding hydrogens is 377 g/mol. The number of amides is 1. The van der Waals surface area contributed by atoms with Gasteiger partial charge in [0, 0.05) is 18.1 Å². The zero-order valence-corrected chi connectivity index (χ0v) is 16.0. The van der Waals surface area contributed by atoms with E-state index >= 15 is 0 Å². The van der Waals surface area contributed by atoms with E-state index in [2.05, 4.69) is 15.3 Å². The first-order chi connectivity index (χ1) is 13.5. The number of fused-ring (bicyclic) bond motifs is 1. The average Bonchev–Trinajstić information content (AvgIpc) is 2.66. The number of carbonyl (C=O) groups excluding carboxylic acids is 1. The van der Waals surface area contributed by atoms with E-state index in [0.29, 0.717) is 22.0 Å². The molecule has 1 aromatic heterocycles. The fourth-order valence-electron chi connectivity index (χ4n) is 3.26. The van der Waals surface area contributed by atoms with Gasteiger partial charge in [0.05, 0.1) is 5.56 Å². The van der Waals surface area contributed by atoms with Crippen LogP contribution in [0.25, 0.3) is 0 Å². The maximum Gasteiger partial charge on any atom is 0.257 e. The van der Waals surface area contributed by atoms with Crippen LogP contribution in [0.4, 0.5) is 10.2 Å². The molecule has 3 aromatic rings. The van der Waals surface area contributed by atoms with E-state index < -0.39 is 11.7 Å². The minimum absolute atomic E-state index is 0.0804. The summed E-state index contributed by atoms with van der Waals surface area (Å²) in [7, 11) is 0. The van der Waals surface area contributed by atoms with Gasteiger partial charge in [-0.1, -0.05) is 53.7 Å². The molecule has 142 valence electrons. The lowest BCUT2D eigenvalue weighted by molar-refractivity contribution is -0.116. The molecule has 0 saturated heterocycles. The van der Waals surface area contributed by atoms with Crippen LogP contribution in [-0.2, 0) is 10.5 Å². The normalized spacial score (nSPS) is 15.8. The Morgan fingerprint density at radius 2 is 1.96 bits per heavy atom. The summed E-state index contributed by atoms with van der Waals surface area (Å²) in [5.74, 6) is -0.273. The topological polar surface area (TPSA) is 74.8 Å². The number of halogens is 1. The Labute approximate surface area is 165 Å². The largest absolute Gasteiger partial charge is 0.310 e. The molecular formula is C21H18FN3O2S. The number of aryl methyl sites for hydroxylation is 1. The van der Waals surface area contributed by atoms with Gasteiger partial charge in [0.2, 0.25) is 5.91 Å². The van der Waals surface area contributed by atoms with Crippen molar-refractivity contribution in [2.75, 3.05) is 5.32 Å². The minimum atomic E-state index is -0.521. The zero-order chi connectivity index (χ0) is 19.7. The molecule has 0 aliphatic carbocycles. The number of nitrogens with zero attached hydrogens (tertiary/aromatic N) is 1. The second-order valence-corrected chi connectivity index (χ2v) is 7.73. The van der Waals surface area contributed by atoms with E-state index in [1.807, 2.05) is 31.2 Å². The lowest BCUT2D eigenvalue weighted by atomic mass is 9.87. The number of rotatable bonds is 4. The number of aromatic amines is 1. The maximum absolute atomic E-state index is 13.6. The molecule has 2 heterocycles. The second-order valence-electron chi connectivity index (χ2n) is 6.77. The highest BCUT2D eigenvalue weighted by molar-refractivity contribution is 7.98. The SMILES string of the molecule is Cc1ccc(CSc2nc3c(c(=O)[nH]2)C(c2cccc(F)c2)CC(=O)N3)cc1. The van der Waals surface area contributed by atoms with Gasteiger partial charge in [0.15, 0.2) is 5.16 Å². The summed E-state index contributed by atoms with van der Waals surface area (Å²) in [5.41, 5.74) is 2.93. The standard InChI is InChI=1S/C21H18FN3O2S/c1-12-5-7-13(8-6-12)11-28-21-24-19-18(20(27)25-21)16(10-17(26)23-19)14-3-2-4-15(22)9-14/h2-9,16H,10-11H2,1H3,(H2,23,24,25,26,27). The third-order valence-electron chi connectivity index (χ3n) is 4.68. The van der Waals surface area contributed by atoms with Gasteiger partial charge in [0.25, 0.3) is 5.56 Å². The fourth-order valence-corrected chi connectivity index (χ4v) is 4.08. The van der Waals surface area contributed by atoms with Crippen LogP contribution in [0.5, 0.6) is 0 Å². The molecule has 1 unspecified atom stereocenters. The van der Waals surface area contributed by atoms with Crippen LogP contribution in [0.3, 0.4) is 0 Å². The van der Waals surface area contributed by atoms with E-state index in [-0.39, 0.29) is 23.7 Å². The summed E-state index contributed by atoms with van der Waals surface area (Å²) in [6, 6.07) is 14.1. The van der Waals surface area contributed by atoms with Crippen molar-refractivity contribution in [3.8, 4) is 0 Å². The van der Waals surface area contributed by atoms with Gasteiger partial charge in [-0.05, 0) is 30.2 Å². The number of aromatic nitrogens is 2. The van der Waals surface area contributed by atoms with E-state index in [1.54, 1.807) is 12.1 Å². The van der Waals surface area contributed by atoms with Gasteiger partial charge in [0.1, 0.15) is 11.6 Å². The molecule has 0 radical (unpaired) electrons. The molecule has 0 fully saturated rings. The monoisotopic (exact) mass is 395 g/mol. The molecule has 1 atom stereocenters. The maximum atomic E-state index is 13.6. The van der Waals surface area contributed by atoms with E-state index in [9.17, 15) is 14.0 Å². The first-order valence-corrected chi connectivity index (χ1v) is 9.86. The molecule has 5 nitrogen and oxygen atoms in total. The molecule has 4 rings (SSSR count). The Morgan fingerprint density at radius 3 is 2.71 bits per heavy atom. The molecule has 28 heavy (non-hydrogen) atoms. The molecule has 7 heteroatoms. The summed E-state index contributed by atoms with van der Waals surface area (Å²) in [6.07, 6.45) is 0.0804. The highest BCUT2D eigenvalue weighted by Crippen LogP contribution is 2.34. The van der Waals surface area contributed by atoms with Gasteiger partial charge in [-0.25, -0.2) is 9.37 Å². The summed E-state index contributed by atoms with van der Waals surface area (Å²) < 4.78 is 13.6. The van der Waals surface area contributed by atoms with Gasteiger partial charge in [-0.3, -0.25) is 9.59 Å². The number of carbonyl (C=O) groups is 1. The quantitative estimate of drug-likeness (QED) is 0.518. The first-order valence-electron chi connectivity index (χ1n) is 8.87. The first kappa shape index (κ1) is 18.4. The Balaban J connectivity index is 1.65. The number of anilines is 1. The number of hydrogen-bond acceptors (Lipinski definition) is 4. The molecule has 1 aliphatic heterocycles. The molecule has 2 N–H and O–H groups in total. The molecule has 0 bridgehead atoms. The van der Waals surface area contributed by atoms with Crippen molar-refractivity contribution < 1.29 is 9.18 Å². The minimum Gasteiger partial charge on any atom is -0.310 e. The Hall–Kier alpha value is -2.93. The van der Waals surface area contributed by atoms with Crippen LogP contribution < -0.4 is 10.9 Å². The molecule has 0 spiro atoms. The molecule has 2 aromatic carbocycles. The third-order valence-corrected chi connectivity index (χ3v) is 5.62. The summed E-state index contributed by atoms with van der Waals surface area (Å²) in [5, 5.41) is 3.12. The Morgan fingerprint density at radius 1 is 1.18 bits per heavy atom. The average molecular weight is 395 g/mol. The number of thioether (sulfide) groups is 1. The number of nitrogens with one attached hydrogen (secondary N) is 2. The van der Waals surface area contributed by atoms with Crippen LogP contribution >= 0.6 is 11.8 Å². The molecule has 0 saturated carbocycles. The highest BCUT2D eigenvalue weighted by atomic mass is 32.2. The zero-order valence-electron chi connectivity index (χ0n) is 15.2. The lowest BCUT2D eigenvalue weighted by Crippen LogP contribution is -2.31. The van der Waals surface area contributed by atoms with Crippen LogP contribution in [-0.4, -0.2) is 15.9 Å². The van der Waals surface area contributed by atoms with Crippen molar-refractivity contribution in [2.24, 2.45) is 0 Å². The van der Waals surface area contributed by atoms with Crippen molar-refractivity contribution in [3.05, 3.63) is 87.0 Å². The number of benzene rings is 2. The second kappa shape index (κ2) is 7.59.